The smallest absolute Gasteiger partial charge is 0.394 e. The number of anilines is 1. The first-order valence-corrected chi connectivity index (χ1v) is 5.71. The molecule has 1 unspecified atom stereocenters. The van der Waals surface area contributed by atoms with Crippen LogP contribution in [0.15, 0.2) is 12.3 Å². The highest BCUT2D eigenvalue weighted by atomic mass is 35.5. The summed E-state index contributed by atoms with van der Waals surface area (Å²) in [7, 11) is 0. The van der Waals surface area contributed by atoms with Crippen molar-refractivity contribution in [2.45, 2.75) is 32.0 Å². The number of hydrogen-bond acceptors (Lipinski definition) is 3. The molecule has 1 aromatic rings. The lowest BCUT2D eigenvalue weighted by Crippen LogP contribution is -2.38. The van der Waals surface area contributed by atoms with Crippen molar-refractivity contribution in [3.8, 4) is 0 Å². The number of aliphatic hydroxyl groups is 1. The van der Waals surface area contributed by atoms with Crippen molar-refractivity contribution in [2.24, 2.45) is 0 Å². The van der Waals surface area contributed by atoms with Crippen molar-refractivity contribution in [2.75, 3.05) is 11.9 Å². The van der Waals surface area contributed by atoms with Gasteiger partial charge in [0.15, 0.2) is 0 Å². The van der Waals surface area contributed by atoms with E-state index < -0.39 is 17.3 Å². The summed E-state index contributed by atoms with van der Waals surface area (Å²) < 4.78 is 37.2. The zero-order valence-corrected chi connectivity index (χ0v) is 10.7. The molecule has 0 fully saturated rings. The third-order valence-corrected chi connectivity index (χ3v) is 3.01. The molecule has 102 valence electrons. The van der Waals surface area contributed by atoms with Crippen LogP contribution < -0.4 is 5.32 Å². The summed E-state index contributed by atoms with van der Waals surface area (Å²) in [4.78, 5) is 3.65. The third-order valence-electron chi connectivity index (χ3n) is 2.72. The van der Waals surface area contributed by atoms with Crippen LogP contribution in [0.5, 0.6) is 0 Å². The van der Waals surface area contributed by atoms with E-state index >= 15 is 0 Å². The Bertz CT molecular complexity index is 419. The second-order valence-electron chi connectivity index (χ2n) is 4.25. The van der Waals surface area contributed by atoms with Gasteiger partial charge in [0.1, 0.15) is 5.82 Å². The van der Waals surface area contributed by atoms with Crippen LogP contribution in [0.4, 0.5) is 19.0 Å². The van der Waals surface area contributed by atoms with Gasteiger partial charge in [0, 0.05) is 6.20 Å². The fraction of sp³-hybridized carbons (Fsp3) is 0.545. The Morgan fingerprint density at radius 3 is 2.44 bits per heavy atom. The zero-order valence-electron chi connectivity index (χ0n) is 9.98. The lowest BCUT2D eigenvalue weighted by molar-refractivity contribution is -0.137. The molecule has 0 saturated heterocycles. The maximum Gasteiger partial charge on any atom is 0.417 e. The van der Waals surface area contributed by atoms with E-state index in [1.807, 2.05) is 6.92 Å². The maximum atomic E-state index is 12.4. The van der Waals surface area contributed by atoms with Gasteiger partial charge in [0.05, 0.1) is 22.7 Å². The van der Waals surface area contributed by atoms with E-state index in [1.54, 1.807) is 6.92 Å². The number of nitrogens with zero attached hydrogens (tertiary/aromatic N) is 1. The number of hydrogen-bond donors (Lipinski definition) is 2. The highest BCUT2D eigenvalue weighted by Gasteiger charge is 2.32. The van der Waals surface area contributed by atoms with Crippen LogP contribution in [-0.4, -0.2) is 22.2 Å². The minimum absolute atomic E-state index is 0.127. The van der Waals surface area contributed by atoms with E-state index in [0.29, 0.717) is 12.6 Å². The number of halogens is 4. The van der Waals surface area contributed by atoms with Gasteiger partial charge in [-0.3, -0.25) is 0 Å². The topological polar surface area (TPSA) is 45.1 Å². The van der Waals surface area contributed by atoms with Crippen LogP contribution in [0.25, 0.3) is 0 Å². The van der Waals surface area contributed by atoms with Gasteiger partial charge in [-0.2, -0.15) is 13.2 Å². The molecule has 3 nitrogen and oxygen atoms in total. The molecule has 1 heterocycles. The SMILES string of the molecule is CCC(C)(CO)Nc1ncc(C(F)(F)F)cc1Cl. The Morgan fingerprint density at radius 2 is 2.06 bits per heavy atom. The number of rotatable bonds is 4. The molecule has 0 radical (unpaired) electrons. The van der Waals surface area contributed by atoms with Crippen molar-refractivity contribution in [3.63, 3.8) is 0 Å². The molecule has 0 aliphatic rings. The minimum atomic E-state index is -4.47. The number of nitrogens with one attached hydrogen (secondary N) is 1. The molecule has 0 spiro atoms. The number of alkyl halides is 3. The van der Waals surface area contributed by atoms with Crippen molar-refractivity contribution < 1.29 is 18.3 Å². The van der Waals surface area contributed by atoms with E-state index in [9.17, 15) is 18.3 Å². The molecular weight excluding hydrogens is 269 g/mol. The molecule has 1 rings (SSSR count). The van der Waals surface area contributed by atoms with E-state index in [0.717, 1.165) is 6.07 Å². The molecule has 0 aromatic carbocycles. The van der Waals surface area contributed by atoms with Gasteiger partial charge < -0.3 is 10.4 Å². The van der Waals surface area contributed by atoms with Crippen molar-refractivity contribution in [1.29, 1.82) is 0 Å². The molecule has 0 saturated carbocycles. The van der Waals surface area contributed by atoms with Crippen LogP contribution in [0, 0.1) is 0 Å². The Morgan fingerprint density at radius 1 is 1.44 bits per heavy atom. The Labute approximate surface area is 108 Å². The second-order valence-corrected chi connectivity index (χ2v) is 4.66. The van der Waals surface area contributed by atoms with Gasteiger partial charge >= 0.3 is 6.18 Å². The van der Waals surface area contributed by atoms with Crippen LogP contribution in [0.1, 0.15) is 25.8 Å². The Kier molecular flexibility index (Phi) is 4.45. The first-order chi connectivity index (χ1) is 8.22. The molecule has 7 heteroatoms. The maximum absolute atomic E-state index is 12.4. The zero-order chi connectivity index (χ0) is 14.0. The fourth-order valence-electron chi connectivity index (χ4n) is 1.21. The molecule has 18 heavy (non-hydrogen) atoms. The summed E-state index contributed by atoms with van der Waals surface area (Å²) in [6, 6.07) is 0.810. The highest BCUT2D eigenvalue weighted by Crippen LogP contribution is 2.33. The molecule has 0 aliphatic carbocycles. The van der Waals surface area contributed by atoms with Crippen LogP contribution in [0.3, 0.4) is 0 Å². The van der Waals surface area contributed by atoms with E-state index in [2.05, 4.69) is 10.3 Å². The Balaban J connectivity index is 3.00. The van der Waals surface area contributed by atoms with Gasteiger partial charge in [0.25, 0.3) is 0 Å². The van der Waals surface area contributed by atoms with Crippen molar-refractivity contribution in [3.05, 3.63) is 22.8 Å². The average Bonchev–Trinajstić information content (AvgIpc) is 2.30. The lowest BCUT2D eigenvalue weighted by Gasteiger charge is -2.28. The van der Waals surface area contributed by atoms with Gasteiger partial charge in [-0.05, 0) is 19.4 Å². The van der Waals surface area contributed by atoms with Gasteiger partial charge in [-0.25, -0.2) is 4.98 Å². The van der Waals surface area contributed by atoms with E-state index in [4.69, 9.17) is 11.6 Å². The lowest BCUT2D eigenvalue weighted by atomic mass is 10.0. The minimum Gasteiger partial charge on any atom is -0.394 e. The number of aliphatic hydroxyl groups excluding tert-OH is 1. The summed E-state index contributed by atoms with van der Waals surface area (Å²) >= 11 is 5.75. The number of aromatic nitrogens is 1. The Hall–Kier alpha value is -1.01. The quantitative estimate of drug-likeness (QED) is 0.890. The van der Waals surface area contributed by atoms with E-state index in [-0.39, 0.29) is 17.4 Å². The summed E-state index contributed by atoms with van der Waals surface area (Å²) in [6.07, 6.45) is -3.19. The molecule has 0 bridgehead atoms. The van der Waals surface area contributed by atoms with Gasteiger partial charge in [0.2, 0.25) is 0 Å². The molecule has 0 amide bonds. The number of pyridine rings is 1. The third kappa shape index (κ3) is 3.49. The standard InChI is InChI=1S/C11H14ClF3N2O/c1-3-10(2,6-18)17-9-8(12)4-7(5-16-9)11(13,14)15/h4-5,18H,3,6H2,1-2H3,(H,16,17). The van der Waals surface area contributed by atoms with Crippen molar-refractivity contribution in [1.82, 2.24) is 4.98 Å². The summed E-state index contributed by atoms with van der Waals surface area (Å²) in [5.74, 6) is 0.128. The molecule has 0 aliphatic heterocycles. The normalized spacial score (nSPS) is 15.3. The molecule has 2 N–H and O–H groups in total. The van der Waals surface area contributed by atoms with Crippen LogP contribution in [0.2, 0.25) is 5.02 Å². The fourth-order valence-corrected chi connectivity index (χ4v) is 1.42. The predicted octanol–water partition coefficient (Wildman–Crippen LogP) is 3.33. The van der Waals surface area contributed by atoms with E-state index in [1.165, 1.54) is 0 Å². The summed E-state index contributed by atoms with van der Waals surface area (Å²) in [6.45, 7) is 3.38. The predicted molar refractivity (Wildman–Crippen MR) is 63.7 cm³/mol. The summed E-state index contributed by atoms with van der Waals surface area (Å²) in [5.41, 5.74) is -1.57. The molecular formula is C11H14ClF3N2O. The second kappa shape index (κ2) is 5.32. The highest BCUT2D eigenvalue weighted by molar-refractivity contribution is 6.33. The largest absolute Gasteiger partial charge is 0.417 e. The van der Waals surface area contributed by atoms with Crippen molar-refractivity contribution >= 4 is 17.4 Å². The molecule has 1 aromatic heterocycles. The first kappa shape index (κ1) is 15.0. The average molecular weight is 283 g/mol. The molecule has 1 atom stereocenters. The van der Waals surface area contributed by atoms with Crippen LogP contribution in [-0.2, 0) is 6.18 Å². The first-order valence-electron chi connectivity index (χ1n) is 5.33. The summed E-state index contributed by atoms with van der Waals surface area (Å²) in [5, 5.41) is 11.9. The van der Waals surface area contributed by atoms with Crippen LogP contribution >= 0.6 is 11.6 Å². The van der Waals surface area contributed by atoms with Gasteiger partial charge in [-0.1, -0.05) is 18.5 Å². The monoisotopic (exact) mass is 282 g/mol. The van der Waals surface area contributed by atoms with Gasteiger partial charge in [-0.15, -0.1) is 0 Å².